The Hall–Kier alpha value is -3.60. The van der Waals surface area contributed by atoms with E-state index in [1.54, 1.807) is 24.5 Å². The summed E-state index contributed by atoms with van der Waals surface area (Å²) >= 11 is 0. The van der Waals surface area contributed by atoms with Gasteiger partial charge in [0.1, 0.15) is 25.1 Å². The molecular weight excluding hydrogens is 489 g/mol. The van der Waals surface area contributed by atoms with Gasteiger partial charge in [0, 0.05) is 22.7 Å². The quantitative estimate of drug-likeness (QED) is 0.519. The first-order chi connectivity index (χ1) is 18.3. The SMILES string of the molecule is C[C@@]12CC[C@@](C)(N1)[C@@H](F)[C@@H](N(c1cnc(-c3ccc(-c4cnc5c(n4)OCCO5)cc3O)nn1)C1CC1)C2. The molecule has 198 valence electrons. The van der Waals surface area contributed by atoms with Crippen LogP contribution in [0.2, 0.25) is 0 Å². The monoisotopic (exact) mass is 519 g/mol. The van der Waals surface area contributed by atoms with Crippen molar-refractivity contribution in [3.63, 3.8) is 0 Å². The molecule has 4 atom stereocenters. The molecular formula is C27H30FN7O3. The van der Waals surface area contributed by atoms with E-state index in [-0.39, 0.29) is 23.4 Å². The van der Waals surface area contributed by atoms with Crippen molar-refractivity contribution in [2.24, 2.45) is 0 Å². The fourth-order valence-electron chi connectivity index (χ4n) is 6.28. The number of halogens is 1. The van der Waals surface area contributed by atoms with Crippen molar-refractivity contribution in [3.8, 4) is 40.2 Å². The van der Waals surface area contributed by atoms with E-state index in [2.05, 4.69) is 42.3 Å². The van der Waals surface area contributed by atoms with Crippen LogP contribution in [0.15, 0.2) is 30.6 Å². The second-order valence-electron chi connectivity index (χ2n) is 11.3. The molecule has 38 heavy (non-hydrogen) atoms. The van der Waals surface area contributed by atoms with E-state index in [0.29, 0.717) is 59.9 Å². The first-order valence-electron chi connectivity index (χ1n) is 13.2. The van der Waals surface area contributed by atoms with E-state index in [9.17, 15) is 5.11 Å². The Morgan fingerprint density at radius 3 is 2.61 bits per heavy atom. The predicted octanol–water partition coefficient (Wildman–Crippen LogP) is 3.45. The Morgan fingerprint density at radius 1 is 1.05 bits per heavy atom. The molecule has 4 aliphatic rings. The topological polar surface area (TPSA) is 118 Å². The highest BCUT2D eigenvalue weighted by molar-refractivity contribution is 5.71. The molecule has 0 amide bonds. The molecule has 2 saturated heterocycles. The number of rotatable bonds is 5. The van der Waals surface area contributed by atoms with E-state index >= 15 is 4.39 Å². The zero-order valence-electron chi connectivity index (χ0n) is 21.4. The van der Waals surface area contributed by atoms with Gasteiger partial charge in [0.05, 0.1) is 29.7 Å². The third-order valence-corrected chi connectivity index (χ3v) is 8.31. The average molecular weight is 520 g/mol. The molecule has 1 aliphatic carbocycles. The minimum absolute atomic E-state index is 0.00705. The van der Waals surface area contributed by atoms with Crippen LogP contribution in [-0.4, -0.2) is 72.8 Å². The molecule has 1 saturated carbocycles. The van der Waals surface area contributed by atoms with Gasteiger partial charge in [-0.1, -0.05) is 6.07 Å². The first kappa shape index (κ1) is 23.5. The van der Waals surface area contributed by atoms with Crippen molar-refractivity contribution >= 4 is 5.82 Å². The summed E-state index contributed by atoms with van der Waals surface area (Å²) in [6.07, 6.45) is 6.76. The van der Waals surface area contributed by atoms with Crippen LogP contribution in [0.1, 0.15) is 46.0 Å². The van der Waals surface area contributed by atoms with Crippen molar-refractivity contribution in [3.05, 3.63) is 30.6 Å². The fraction of sp³-hybridized carbons (Fsp3) is 0.519. The summed E-state index contributed by atoms with van der Waals surface area (Å²) in [5, 5.41) is 23.2. The number of phenolic OH excluding ortho intramolecular Hbond substituents is 1. The number of aromatic nitrogens is 5. The number of alkyl halides is 1. The average Bonchev–Trinajstić information content (AvgIpc) is 3.72. The second kappa shape index (κ2) is 8.45. The van der Waals surface area contributed by atoms with Gasteiger partial charge in [0.25, 0.3) is 11.8 Å². The van der Waals surface area contributed by atoms with Gasteiger partial charge >= 0.3 is 0 Å². The zero-order chi connectivity index (χ0) is 26.1. The summed E-state index contributed by atoms with van der Waals surface area (Å²) in [6.45, 7) is 5.04. The van der Waals surface area contributed by atoms with Crippen molar-refractivity contribution in [2.75, 3.05) is 18.1 Å². The minimum atomic E-state index is -1.01. The summed E-state index contributed by atoms with van der Waals surface area (Å²) < 4.78 is 26.8. The van der Waals surface area contributed by atoms with Gasteiger partial charge in [-0.2, -0.15) is 0 Å². The standard InChI is InChI=1S/C27H30FN7O3/c1-26-7-8-27(2,34-26)22(28)19(12-26)35(16-4-5-16)21-14-29-23(33-32-21)17-6-3-15(11-20(17)36)18-13-30-24-25(31-18)38-10-9-37-24/h3,6,11,13-14,16,19,22,34,36H,4-5,7-10,12H2,1-2H3/t19-,22-,26-,27+/m0/s1. The van der Waals surface area contributed by atoms with Crippen LogP contribution in [0.3, 0.4) is 0 Å². The lowest BCUT2D eigenvalue weighted by atomic mass is 9.82. The Bertz CT molecular complexity index is 1390. The molecule has 0 unspecified atom stereocenters. The molecule has 10 nitrogen and oxygen atoms in total. The maximum absolute atomic E-state index is 15.9. The lowest BCUT2D eigenvalue weighted by Gasteiger charge is -2.48. The van der Waals surface area contributed by atoms with E-state index in [1.807, 2.05) is 13.0 Å². The van der Waals surface area contributed by atoms with Crippen LogP contribution < -0.4 is 19.7 Å². The molecule has 11 heteroatoms. The summed E-state index contributed by atoms with van der Waals surface area (Å²) in [7, 11) is 0. The molecule has 3 aliphatic heterocycles. The normalized spacial score (nSPS) is 29.8. The Labute approximate surface area is 219 Å². The molecule has 1 aromatic carbocycles. The first-order valence-corrected chi connectivity index (χ1v) is 13.2. The van der Waals surface area contributed by atoms with E-state index < -0.39 is 11.7 Å². The highest BCUT2D eigenvalue weighted by Gasteiger charge is 2.58. The number of ether oxygens (including phenoxy) is 2. The van der Waals surface area contributed by atoms with Crippen LogP contribution in [0, 0.1) is 0 Å². The predicted molar refractivity (Wildman–Crippen MR) is 137 cm³/mol. The molecule has 5 heterocycles. The molecule has 3 fully saturated rings. The van der Waals surface area contributed by atoms with Crippen molar-refractivity contribution in [1.82, 2.24) is 30.5 Å². The number of benzene rings is 1. The number of hydrogen-bond donors (Lipinski definition) is 2. The number of piperidine rings is 1. The number of hydrogen-bond acceptors (Lipinski definition) is 10. The molecule has 3 aromatic rings. The molecule has 2 aromatic heterocycles. The zero-order valence-corrected chi connectivity index (χ0v) is 21.4. The van der Waals surface area contributed by atoms with Gasteiger partial charge in [-0.25, -0.2) is 19.3 Å². The number of nitrogens with zero attached hydrogens (tertiary/aromatic N) is 6. The van der Waals surface area contributed by atoms with Crippen LogP contribution in [0.5, 0.6) is 17.5 Å². The summed E-state index contributed by atoms with van der Waals surface area (Å²) in [6, 6.07) is 5.10. The van der Waals surface area contributed by atoms with Gasteiger partial charge in [-0.3, -0.25) is 0 Å². The summed E-state index contributed by atoms with van der Waals surface area (Å²) in [5.74, 6) is 1.57. The van der Waals surface area contributed by atoms with Crippen LogP contribution in [0.4, 0.5) is 10.2 Å². The maximum atomic E-state index is 15.9. The number of aromatic hydroxyl groups is 1. The molecule has 0 spiro atoms. The number of phenols is 1. The maximum Gasteiger partial charge on any atom is 0.278 e. The lowest BCUT2D eigenvalue weighted by molar-refractivity contribution is 0.0831. The summed E-state index contributed by atoms with van der Waals surface area (Å²) in [4.78, 5) is 15.3. The van der Waals surface area contributed by atoms with Crippen LogP contribution in [-0.2, 0) is 0 Å². The highest BCUT2D eigenvalue weighted by Crippen LogP contribution is 2.48. The van der Waals surface area contributed by atoms with Crippen LogP contribution >= 0.6 is 0 Å². The van der Waals surface area contributed by atoms with Crippen LogP contribution in [0.25, 0.3) is 22.6 Å². The van der Waals surface area contributed by atoms with E-state index in [1.165, 1.54) is 0 Å². The third-order valence-electron chi connectivity index (χ3n) is 8.31. The minimum Gasteiger partial charge on any atom is -0.507 e. The Kier molecular flexibility index (Phi) is 5.23. The Morgan fingerprint density at radius 2 is 1.87 bits per heavy atom. The lowest BCUT2D eigenvalue weighted by Crippen LogP contribution is -2.66. The van der Waals surface area contributed by atoms with Gasteiger partial charge in [-0.05, 0) is 58.1 Å². The molecule has 0 radical (unpaired) electrons. The Balaban J connectivity index is 1.15. The number of nitrogens with one attached hydrogen (secondary N) is 1. The van der Waals surface area contributed by atoms with Gasteiger partial charge in [0.15, 0.2) is 11.6 Å². The molecule has 2 N–H and O–H groups in total. The van der Waals surface area contributed by atoms with E-state index in [4.69, 9.17) is 9.47 Å². The number of fused-ring (bicyclic) bond motifs is 3. The highest BCUT2D eigenvalue weighted by atomic mass is 19.1. The van der Waals surface area contributed by atoms with Crippen molar-refractivity contribution in [2.45, 2.75) is 75.3 Å². The smallest absolute Gasteiger partial charge is 0.278 e. The third kappa shape index (κ3) is 3.91. The van der Waals surface area contributed by atoms with Gasteiger partial charge in [-0.15, -0.1) is 10.2 Å². The molecule has 7 rings (SSSR count). The van der Waals surface area contributed by atoms with Crippen molar-refractivity contribution in [1.29, 1.82) is 0 Å². The fourth-order valence-corrected chi connectivity index (χ4v) is 6.28. The van der Waals surface area contributed by atoms with E-state index in [0.717, 1.165) is 25.7 Å². The van der Waals surface area contributed by atoms with Crippen molar-refractivity contribution < 1.29 is 19.0 Å². The summed E-state index contributed by atoms with van der Waals surface area (Å²) in [5.41, 5.74) is 1.05. The second-order valence-corrected chi connectivity index (χ2v) is 11.3. The molecule has 2 bridgehead atoms. The largest absolute Gasteiger partial charge is 0.507 e. The van der Waals surface area contributed by atoms with Gasteiger partial charge in [0.2, 0.25) is 0 Å². The van der Waals surface area contributed by atoms with Gasteiger partial charge < -0.3 is 24.8 Å². The number of anilines is 1.